The van der Waals surface area contributed by atoms with Crippen molar-refractivity contribution < 1.29 is 5.11 Å². The quantitative estimate of drug-likeness (QED) is 0.653. The van der Waals surface area contributed by atoms with Crippen molar-refractivity contribution in [3.63, 3.8) is 0 Å². The van der Waals surface area contributed by atoms with Gasteiger partial charge in [0.15, 0.2) is 0 Å². The van der Waals surface area contributed by atoms with E-state index in [9.17, 15) is 5.11 Å². The van der Waals surface area contributed by atoms with E-state index in [-0.39, 0.29) is 6.04 Å². The van der Waals surface area contributed by atoms with Gasteiger partial charge in [0.2, 0.25) is 5.95 Å². The summed E-state index contributed by atoms with van der Waals surface area (Å²) in [6.07, 6.45) is 2.50. The number of nitrogens with one attached hydrogen (secondary N) is 2. The molecule has 0 aromatic carbocycles. The highest BCUT2D eigenvalue weighted by Gasteiger charge is 2.33. The molecule has 0 aliphatic heterocycles. The summed E-state index contributed by atoms with van der Waals surface area (Å²) < 4.78 is 5.32. The van der Waals surface area contributed by atoms with Crippen LogP contribution in [0.1, 0.15) is 31.9 Å². The first-order valence-corrected chi connectivity index (χ1v) is 9.58. The third-order valence-corrected chi connectivity index (χ3v) is 5.93. The van der Waals surface area contributed by atoms with Crippen LogP contribution in [0.2, 0.25) is 0 Å². The van der Waals surface area contributed by atoms with Crippen LogP contribution in [0.15, 0.2) is 17.5 Å². The molecule has 3 aromatic heterocycles. The molecule has 4 rings (SSSR count). The first-order valence-electron chi connectivity index (χ1n) is 7.93. The number of anilines is 3. The van der Waals surface area contributed by atoms with Crippen molar-refractivity contribution in [2.24, 2.45) is 0 Å². The maximum Gasteiger partial charge on any atom is 0.230 e. The molecule has 126 valence electrons. The summed E-state index contributed by atoms with van der Waals surface area (Å²) in [5, 5.41) is 19.9. The average molecular weight is 361 g/mol. The molecule has 24 heavy (non-hydrogen) atoms. The minimum Gasteiger partial charge on any atom is -0.390 e. The van der Waals surface area contributed by atoms with Gasteiger partial charge >= 0.3 is 0 Å². The molecular weight excluding hydrogens is 342 g/mol. The Morgan fingerprint density at radius 3 is 2.96 bits per heavy atom. The van der Waals surface area contributed by atoms with Gasteiger partial charge in [-0.2, -0.15) is 9.36 Å². The Morgan fingerprint density at radius 1 is 1.38 bits per heavy atom. The molecule has 8 heteroatoms. The first kappa shape index (κ1) is 15.7. The van der Waals surface area contributed by atoms with Crippen molar-refractivity contribution in [3.8, 4) is 0 Å². The SMILES string of the molecule is Cc1cc(Nc2nc(NC3CCC(C)(O)C3)c3sccc3n2)sn1. The van der Waals surface area contributed by atoms with Gasteiger partial charge in [-0.05, 0) is 62.2 Å². The number of hydrogen-bond acceptors (Lipinski definition) is 8. The molecule has 2 atom stereocenters. The molecule has 3 aromatic rings. The lowest BCUT2D eigenvalue weighted by atomic mass is 10.1. The van der Waals surface area contributed by atoms with Crippen LogP contribution in [0, 0.1) is 6.92 Å². The van der Waals surface area contributed by atoms with E-state index in [1.165, 1.54) is 11.5 Å². The molecule has 1 aliphatic carbocycles. The van der Waals surface area contributed by atoms with Gasteiger partial charge in [-0.25, -0.2) is 4.98 Å². The number of fused-ring (bicyclic) bond motifs is 1. The highest BCUT2D eigenvalue weighted by atomic mass is 32.1. The largest absolute Gasteiger partial charge is 0.390 e. The van der Waals surface area contributed by atoms with Crippen LogP contribution >= 0.6 is 22.9 Å². The van der Waals surface area contributed by atoms with Gasteiger partial charge < -0.3 is 15.7 Å². The standard InChI is InChI=1S/C16H19N5OS2/c1-9-7-12(24-21-9)19-15-18-11-4-6-23-13(11)14(20-15)17-10-3-5-16(2,22)8-10/h4,6-7,10,22H,3,5,8H2,1-2H3,(H2,17,18,19,20). The van der Waals surface area contributed by atoms with Crippen molar-refractivity contribution in [1.29, 1.82) is 0 Å². The second-order valence-corrected chi connectivity index (χ2v) is 8.29. The van der Waals surface area contributed by atoms with E-state index in [0.29, 0.717) is 5.95 Å². The molecule has 0 bridgehead atoms. The summed E-state index contributed by atoms with van der Waals surface area (Å²) in [4.78, 5) is 9.24. The van der Waals surface area contributed by atoms with Crippen LogP contribution in [0.5, 0.6) is 0 Å². The average Bonchev–Trinajstić information content (AvgIpc) is 3.20. The van der Waals surface area contributed by atoms with Gasteiger partial charge in [0.05, 0.1) is 21.5 Å². The van der Waals surface area contributed by atoms with Crippen LogP contribution in [-0.4, -0.2) is 31.1 Å². The summed E-state index contributed by atoms with van der Waals surface area (Å²) >= 11 is 3.03. The topological polar surface area (TPSA) is 83.0 Å². The Hall–Kier alpha value is -1.77. The molecule has 3 heterocycles. The van der Waals surface area contributed by atoms with Crippen molar-refractivity contribution in [2.75, 3.05) is 10.6 Å². The van der Waals surface area contributed by atoms with Gasteiger partial charge in [-0.1, -0.05) is 0 Å². The maximum absolute atomic E-state index is 10.2. The molecule has 1 fully saturated rings. The predicted octanol–water partition coefficient (Wildman–Crippen LogP) is 3.92. The van der Waals surface area contributed by atoms with E-state index < -0.39 is 5.60 Å². The third kappa shape index (κ3) is 3.22. The van der Waals surface area contributed by atoms with E-state index >= 15 is 0 Å². The summed E-state index contributed by atoms with van der Waals surface area (Å²) in [6, 6.07) is 4.21. The highest BCUT2D eigenvalue weighted by molar-refractivity contribution is 7.17. The zero-order chi connectivity index (χ0) is 16.7. The number of rotatable bonds is 4. The van der Waals surface area contributed by atoms with E-state index in [0.717, 1.165) is 46.0 Å². The Balaban J connectivity index is 1.62. The number of aryl methyl sites for hydroxylation is 1. The molecular formula is C16H19N5OS2. The van der Waals surface area contributed by atoms with Crippen LogP contribution in [-0.2, 0) is 0 Å². The van der Waals surface area contributed by atoms with Gasteiger partial charge in [0.25, 0.3) is 0 Å². The van der Waals surface area contributed by atoms with Gasteiger partial charge in [0.1, 0.15) is 10.8 Å². The van der Waals surface area contributed by atoms with E-state index in [4.69, 9.17) is 0 Å². The van der Waals surface area contributed by atoms with Crippen molar-refractivity contribution >= 4 is 49.9 Å². The number of hydrogen-bond donors (Lipinski definition) is 3. The lowest BCUT2D eigenvalue weighted by Crippen LogP contribution is -2.23. The minimum atomic E-state index is -0.583. The van der Waals surface area contributed by atoms with Crippen LogP contribution in [0.4, 0.5) is 16.8 Å². The number of aliphatic hydroxyl groups is 1. The number of aromatic nitrogens is 3. The van der Waals surface area contributed by atoms with Crippen LogP contribution in [0.3, 0.4) is 0 Å². The summed E-state index contributed by atoms with van der Waals surface area (Å²) in [5.74, 6) is 1.40. The molecule has 0 radical (unpaired) electrons. The first-order chi connectivity index (χ1) is 11.5. The summed E-state index contributed by atoms with van der Waals surface area (Å²) in [7, 11) is 0. The molecule has 3 N–H and O–H groups in total. The molecule has 0 spiro atoms. The lowest BCUT2D eigenvalue weighted by molar-refractivity contribution is 0.0673. The summed E-state index contributed by atoms with van der Waals surface area (Å²) in [5.41, 5.74) is 1.32. The van der Waals surface area contributed by atoms with Crippen LogP contribution in [0.25, 0.3) is 10.2 Å². The maximum atomic E-state index is 10.2. The number of thiophene rings is 1. The van der Waals surface area contributed by atoms with E-state index in [1.54, 1.807) is 11.3 Å². The lowest BCUT2D eigenvalue weighted by Gasteiger charge is -2.18. The molecule has 2 unspecified atom stereocenters. The Labute approximate surface area is 148 Å². The molecule has 6 nitrogen and oxygen atoms in total. The fourth-order valence-electron chi connectivity index (χ4n) is 3.09. The van der Waals surface area contributed by atoms with E-state index in [2.05, 4.69) is 25.0 Å². The smallest absolute Gasteiger partial charge is 0.230 e. The van der Waals surface area contributed by atoms with Crippen LogP contribution < -0.4 is 10.6 Å². The zero-order valence-corrected chi connectivity index (χ0v) is 15.2. The van der Waals surface area contributed by atoms with Crippen molar-refractivity contribution in [2.45, 2.75) is 44.8 Å². The normalized spacial score (nSPS) is 23.7. The predicted molar refractivity (Wildman–Crippen MR) is 99.4 cm³/mol. The molecule has 0 saturated heterocycles. The highest BCUT2D eigenvalue weighted by Crippen LogP contribution is 2.34. The Bertz CT molecular complexity index is 872. The fraction of sp³-hybridized carbons (Fsp3) is 0.438. The van der Waals surface area contributed by atoms with Crippen molar-refractivity contribution in [1.82, 2.24) is 14.3 Å². The Kier molecular flexibility index (Phi) is 3.90. The second-order valence-electron chi connectivity index (χ2n) is 6.57. The Morgan fingerprint density at radius 2 is 2.25 bits per heavy atom. The summed E-state index contributed by atoms with van der Waals surface area (Å²) in [6.45, 7) is 3.86. The van der Waals surface area contributed by atoms with Gasteiger partial charge in [0, 0.05) is 6.04 Å². The van der Waals surface area contributed by atoms with Crippen molar-refractivity contribution in [3.05, 3.63) is 23.2 Å². The van der Waals surface area contributed by atoms with Gasteiger partial charge in [-0.3, -0.25) is 0 Å². The molecule has 1 saturated carbocycles. The monoisotopic (exact) mass is 361 g/mol. The minimum absolute atomic E-state index is 0.235. The molecule has 0 amide bonds. The second kappa shape index (κ2) is 5.94. The zero-order valence-electron chi connectivity index (χ0n) is 13.5. The van der Waals surface area contributed by atoms with Gasteiger partial charge in [-0.15, -0.1) is 11.3 Å². The number of nitrogens with zero attached hydrogens (tertiary/aromatic N) is 3. The van der Waals surface area contributed by atoms with E-state index in [1.807, 2.05) is 31.4 Å². The third-order valence-electron chi connectivity index (χ3n) is 4.22. The molecule has 1 aliphatic rings. The fourth-order valence-corrected chi connectivity index (χ4v) is 4.53.